The quantitative estimate of drug-likeness (QED) is 0.842. The molecule has 2 rings (SSSR count). The maximum atomic E-state index is 12.5. The zero-order chi connectivity index (χ0) is 15.5. The Morgan fingerprint density at radius 3 is 2.38 bits per heavy atom. The number of carbonyl (C=O) groups is 1. The Morgan fingerprint density at radius 1 is 1.29 bits per heavy atom. The number of sulfonamides is 1. The molecule has 1 amide bonds. The zero-order valence-electron chi connectivity index (χ0n) is 12.5. The van der Waals surface area contributed by atoms with Crippen LogP contribution in [0.25, 0.3) is 0 Å². The van der Waals surface area contributed by atoms with Crippen molar-refractivity contribution in [3.63, 3.8) is 0 Å². The summed E-state index contributed by atoms with van der Waals surface area (Å²) in [5.74, 6) is 0.0466. The van der Waals surface area contributed by atoms with Crippen LogP contribution in [-0.4, -0.2) is 26.1 Å². The monoisotopic (exact) mass is 310 g/mol. The fourth-order valence-electron chi connectivity index (χ4n) is 2.23. The number of carbonyl (C=O) groups excluding carboxylic acids is 1. The van der Waals surface area contributed by atoms with Gasteiger partial charge in [-0.05, 0) is 43.5 Å². The molecule has 0 saturated heterocycles. The van der Waals surface area contributed by atoms with Gasteiger partial charge in [0.2, 0.25) is 15.9 Å². The number of rotatable bonds is 7. The SMILES string of the molecule is CCCCS(=O)(=O)N(c1ccc(NC(C)=O)cc1)C1CC1. The van der Waals surface area contributed by atoms with Gasteiger partial charge in [-0.3, -0.25) is 9.10 Å². The average molecular weight is 310 g/mol. The standard InChI is InChI=1S/C15H22N2O3S/c1-3-4-11-21(19,20)17(15-9-10-15)14-7-5-13(6-8-14)16-12(2)18/h5-8,15H,3-4,9-11H2,1-2H3,(H,16,18). The van der Waals surface area contributed by atoms with Crippen molar-refractivity contribution in [2.24, 2.45) is 0 Å². The molecular weight excluding hydrogens is 288 g/mol. The Labute approximate surface area is 126 Å². The zero-order valence-corrected chi connectivity index (χ0v) is 13.3. The number of unbranched alkanes of at least 4 members (excludes halogenated alkanes) is 1. The van der Waals surface area contributed by atoms with Gasteiger partial charge in [-0.1, -0.05) is 13.3 Å². The number of nitrogens with zero attached hydrogens (tertiary/aromatic N) is 1. The molecule has 6 heteroatoms. The van der Waals surface area contributed by atoms with Crippen LogP contribution in [0, 0.1) is 0 Å². The molecule has 0 atom stereocenters. The minimum Gasteiger partial charge on any atom is -0.326 e. The molecule has 0 bridgehead atoms. The van der Waals surface area contributed by atoms with Crippen LogP contribution in [0.5, 0.6) is 0 Å². The number of hydrogen-bond acceptors (Lipinski definition) is 3. The number of amides is 1. The summed E-state index contributed by atoms with van der Waals surface area (Å²) in [5.41, 5.74) is 1.36. The first-order valence-corrected chi connectivity index (χ1v) is 8.94. The van der Waals surface area contributed by atoms with Crippen LogP contribution >= 0.6 is 0 Å². The van der Waals surface area contributed by atoms with E-state index in [1.807, 2.05) is 6.92 Å². The van der Waals surface area contributed by atoms with Gasteiger partial charge in [-0.2, -0.15) is 0 Å². The van der Waals surface area contributed by atoms with Gasteiger partial charge >= 0.3 is 0 Å². The Bertz CT molecular complexity index is 592. The lowest BCUT2D eigenvalue weighted by Crippen LogP contribution is -2.35. The summed E-state index contributed by atoms with van der Waals surface area (Å²) in [6.07, 6.45) is 3.37. The molecule has 1 aromatic carbocycles. The van der Waals surface area contributed by atoms with Gasteiger partial charge in [0.15, 0.2) is 0 Å². The lowest BCUT2D eigenvalue weighted by Gasteiger charge is -2.24. The second-order valence-electron chi connectivity index (χ2n) is 5.42. The van der Waals surface area contributed by atoms with Crippen molar-refractivity contribution in [3.05, 3.63) is 24.3 Å². The molecule has 1 aliphatic carbocycles. The summed E-state index contributed by atoms with van der Waals surface area (Å²) in [6, 6.07) is 7.08. The number of benzene rings is 1. The molecule has 0 heterocycles. The Morgan fingerprint density at radius 2 is 1.90 bits per heavy atom. The average Bonchev–Trinajstić information content (AvgIpc) is 3.22. The van der Waals surface area contributed by atoms with Crippen LogP contribution < -0.4 is 9.62 Å². The Balaban J connectivity index is 2.20. The number of hydrogen-bond donors (Lipinski definition) is 1. The molecule has 0 unspecified atom stereocenters. The minimum absolute atomic E-state index is 0.0958. The predicted octanol–water partition coefficient (Wildman–Crippen LogP) is 2.74. The highest BCUT2D eigenvalue weighted by Gasteiger charge is 2.36. The third-order valence-electron chi connectivity index (χ3n) is 3.38. The molecule has 0 radical (unpaired) electrons. The van der Waals surface area contributed by atoms with Crippen LogP contribution in [0.15, 0.2) is 24.3 Å². The highest BCUT2D eigenvalue weighted by atomic mass is 32.2. The van der Waals surface area contributed by atoms with Crippen LogP contribution in [0.4, 0.5) is 11.4 Å². The van der Waals surface area contributed by atoms with Crippen LogP contribution in [0.1, 0.15) is 39.5 Å². The second-order valence-corrected chi connectivity index (χ2v) is 7.39. The van der Waals surface area contributed by atoms with E-state index in [1.165, 1.54) is 6.92 Å². The molecule has 0 aliphatic heterocycles. The first-order valence-electron chi connectivity index (χ1n) is 7.34. The van der Waals surface area contributed by atoms with E-state index in [2.05, 4.69) is 5.32 Å². The summed E-state index contributed by atoms with van der Waals surface area (Å²) < 4.78 is 26.5. The maximum Gasteiger partial charge on any atom is 0.235 e. The highest BCUT2D eigenvalue weighted by Crippen LogP contribution is 2.35. The number of anilines is 2. The third kappa shape index (κ3) is 4.20. The van der Waals surface area contributed by atoms with Crippen LogP contribution in [0.3, 0.4) is 0 Å². The van der Waals surface area contributed by atoms with E-state index in [0.717, 1.165) is 19.3 Å². The van der Waals surface area contributed by atoms with E-state index >= 15 is 0 Å². The molecule has 1 N–H and O–H groups in total. The summed E-state index contributed by atoms with van der Waals surface area (Å²) in [5, 5.41) is 2.68. The van der Waals surface area contributed by atoms with Gasteiger partial charge in [0.1, 0.15) is 0 Å². The van der Waals surface area contributed by atoms with Crippen molar-refractivity contribution >= 4 is 27.3 Å². The normalized spacial score (nSPS) is 14.8. The van der Waals surface area contributed by atoms with Gasteiger partial charge in [-0.25, -0.2) is 8.42 Å². The van der Waals surface area contributed by atoms with Gasteiger partial charge < -0.3 is 5.32 Å². The van der Waals surface area contributed by atoms with E-state index < -0.39 is 10.0 Å². The van der Waals surface area contributed by atoms with Gasteiger partial charge in [0, 0.05) is 18.7 Å². The smallest absolute Gasteiger partial charge is 0.235 e. The fourth-order valence-corrected chi connectivity index (χ4v) is 4.19. The van der Waals surface area contributed by atoms with E-state index in [-0.39, 0.29) is 17.7 Å². The van der Waals surface area contributed by atoms with E-state index in [0.29, 0.717) is 17.8 Å². The summed E-state index contributed by atoms with van der Waals surface area (Å²) in [4.78, 5) is 11.0. The maximum absolute atomic E-state index is 12.5. The molecule has 1 aromatic rings. The van der Waals surface area contributed by atoms with Crippen molar-refractivity contribution in [2.45, 2.75) is 45.6 Å². The Kier molecular flexibility index (Phi) is 4.88. The van der Waals surface area contributed by atoms with E-state index in [9.17, 15) is 13.2 Å². The molecule has 0 spiro atoms. The van der Waals surface area contributed by atoms with Crippen molar-refractivity contribution in [2.75, 3.05) is 15.4 Å². The first kappa shape index (κ1) is 15.8. The van der Waals surface area contributed by atoms with Gasteiger partial charge in [0.25, 0.3) is 0 Å². The van der Waals surface area contributed by atoms with Crippen molar-refractivity contribution in [1.29, 1.82) is 0 Å². The van der Waals surface area contributed by atoms with E-state index in [4.69, 9.17) is 0 Å². The minimum atomic E-state index is -3.26. The Hall–Kier alpha value is -1.56. The third-order valence-corrected chi connectivity index (χ3v) is 5.29. The van der Waals surface area contributed by atoms with Crippen molar-refractivity contribution in [1.82, 2.24) is 0 Å². The molecule has 5 nitrogen and oxygen atoms in total. The lowest BCUT2D eigenvalue weighted by atomic mass is 10.2. The predicted molar refractivity (Wildman–Crippen MR) is 84.9 cm³/mol. The summed E-state index contributed by atoms with van der Waals surface area (Å²) in [6.45, 7) is 3.43. The van der Waals surface area contributed by atoms with Gasteiger partial charge in [-0.15, -0.1) is 0 Å². The molecule has 0 aromatic heterocycles. The summed E-state index contributed by atoms with van der Waals surface area (Å²) >= 11 is 0. The summed E-state index contributed by atoms with van der Waals surface area (Å²) in [7, 11) is -3.26. The van der Waals surface area contributed by atoms with Crippen molar-refractivity contribution < 1.29 is 13.2 Å². The molecule has 1 saturated carbocycles. The second kappa shape index (κ2) is 6.47. The molecule has 21 heavy (non-hydrogen) atoms. The highest BCUT2D eigenvalue weighted by molar-refractivity contribution is 7.92. The van der Waals surface area contributed by atoms with E-state index in [1.54, 1.807) is 28.6 Å². The van der Waals surface area contributed by atoms with Crippen LogP contribution in [-0.2, 0) is 14.8 Å². The molecule has 1 aliphatic rings. The topological polar surface area (TPSA) is 66.5 Å². The van der Waals surface area contributed by atoms with Gasteiger partial charge in [0.05, 0.1) is 11.4 Å². The lowest BCUT2D eigenvalue weighted by molar-refractivity contribution is -0.114. The largest absolute Gasteiger partial charge is 0.326 e. The molecule has 116 valence electrons. The van der Waals surface area contributed by atoms with Crippen LogP contribution in [0.2, 0.25) is 0 Å². The number of nitrogens with one attached hydrogen (secondary N) is 1. The molecule has 1 fully saturated rings. The molecular formula is C15H22N2O3S. The van der Waals surface area contributed by atoms with Crippen molar-refractivity contribution in [3.8, 4) is 0 Å². The fraction of sp³-hybridized carbons (Fsp3) is 0.533. The first-order chi connectivity index (χ1) is 9.94.